The fourth-order valence-corrected chi connectivity index (χ4v) is 5.64. The Balaban J connectivity index is 3.50. The first kappa shape index (κ1) is 28.3. The number of rotatable bonds is 9. The summed E-state index contributed by atoms with van der Waals surface area (Å²) >= 11 is 0. The van der Waals surface area contributed by atoms with Gasteiger partial charge in [0.05, 0.1) is 26.8 Å². The smallest absolute Gasteiger partial charge is 0.337 e. The largest absolute Gasteiger partial charge is 0.465 e. The van der Waals surface area contributed by atoms with Crippen LogP contribution in [0.3, 0.4) is 0 Å². The van der Waals surface area contributed by atoms with Crippen LogP contribution in [-0.2, 0) is 33.7 Å². The molecule has 10 heteroatoms. The Hall–Kier alpha value is -1.75. The molecule has 0 saturated carbocycles. The number of esters is 1. The minimum absolute atomic E-state index is 0.0722. The SMILES string of the molecule is CCOC(=O)[C@@H](NS(=O)(=O)OC(C)(C)C)[C@@H](/C=C/S(=O)(=NC)c1ccccc1)C(C)(C)C. The van der Waals surface area contributed by atoms with Gasteiger partial charge in [0.25, 0.3) is 0 Å². The van der Waals surface area contributed by atoms with E-state index in [2.05, 4.69) is 9.08 Å². The lowest BCUT2D eigenvalue weighted by Gasteiger charge is -2.34. The molecule has 32 heavy (non-hydrogen) atoms. The highest BCUT2D eigenvalue weighted by molar-refractivity contribution is 7.96. The first-order valence-corrected chi connectivity index (χ1v) is 13.3. The number of hydrogen-bond acceptors (Lipinski definition) is 7. The minimum atomic E-state index is -4.30. The summed E-state index contributed by atoms with van der Waals surface area (Å²) < 4.78 is 55.4. The van der Waals surface area contributed by atoms with Gasteiger partial charge in [-0.15, -0.1) is 0 Å². The number of benzene rings is 1. The van der Waals surface area contributed by atoms with Crippen LogP contribution in [0, 0.1) is 11.3 Å². The fraction of sp³-hybridized carbons (Fsp3) is 0.591. The summed E-state index contributed by atoms with van der Waals surface area (Å²) in [6, 6.07) is 7.43. The maximum Gasteiger partial charge on any atom is 0.337 e. The molecule has 0 bridgehead atoms. The standard InChI is InChI=1S/C22H36N2O6S2/c1-9-29-20(25)19(24-32(27,28)30-22(5,6)7)18(21(2,3)4)15-16-31(26,23-8)17-13-11-10-12-14-17/h10-16,18-19,24H,9H2,1-8H3/b16-15+/t18-,19+,31?/m1/s1. The lowest BCUT2D eigenvalue weighted by Crippen LogP contribution is -2.51. The van der Waals surface area contributed by atoms with Gasteiger partial charge in [0.2, 0.25) is 0 Å². The highest BCUT2D eigenvalue weighted by Crippen LogP contribution is 2.32. The van der Waals surface area contributed by atoms with Gasteiger partial charge in [0.1, 0.15) is 6.04 Å². The van der Waals surface area contributed by atoms with Crippen LogP contribution >= 0.6 is 0 Å². The summed E-state index contributed by atoms with van der Waals surface area (Å²) in [7, 11) is -5.77. The van der Waals surface area contributed by atoms with Crippen LogP contribution in [0.15, 0.2) is 51.1 Å². The summed E-state index contributed by atoms with van der Waals surface area (Å²) in [4.78, 5) is 13.3. The number of carbonyl (C=O) groups excluding carboxylic acids is 1. The average Bonchev–Trinajstić information content (AvgIpc) is 2.64. The van der Waals surface area contributed by atoms with Crippen molar-refractivity contribution in [3.63, 3.8) is 0 Å². The van der Waals surface area contributed by atoms with Crippen molar-refractivity contribution in [1.29, 1.82) is 0 Å². The van der Waals surface area contributed by atoms with Crippen LogP contribution < -0.4 is 4.72 Å². The van der Waals surface area contributed by atoms with Crippen LogP contribution in [0.25, 0.3) is 0 Å². The molecule has 182 valence electrons. The molecular formula is C22H36N2O6S2. The fourth-order valence-electron chi connectivity index (χ4n) is 2.96. The quantitative estimate of drug-likeness (QED) is 0.528. The molecule has 3 atom stereocenters. The van der Waals surface area contributed by atoms with E-state index in [1.54, 1.807) is 58.0 Å². The minimum Gasteiger partial charge on any atom is -0.465 e. The van der Waals surface area contributed by atoms with Gasteiger partial charge in [-0.3, -0.25) is 8.98 Å². The monoisotopic (exact) mass is 488 g/mol. The number of hydrogen-bond donors (Lipinski definition) is 1. The zero-order valence-corrected chi connectivity index (χ0v) is 21.7. The number of nitrogens with one attached hydrogen (secondary N) is 1. The van der Waals surface area contributed by atoms with E-state index in [9.17, 15) is 17.4 Å². The van der Waals surface area contributed by atoms with E-state index >= 15 is 0 Å². The molecule has 0 aromatic heterocycles. The second kappa shape index (κ2) is 10.9. The highest BCUT2D eigenvalue weighted by atomic mass is 32.2. The molecule has 1 aromatic carbocycles. The maximum absolute atomic E-state index is 13.4. The van der Waals surface area contributed by atoms with Crippen molar-refractivity contribution in [2.45, 2.75) is 65.0 Å². The Morgan fingerprint density at radius 2 is 1.66 bits per heavy atom. The van der Waals surface area contributed by atoms with E-state index < -0.39 is 49.0 Å². The summed E-state index contributed by atoms with van der Waals surface area (Å²) in [5, 5.41) is 1.43. The number of carbonyl (C=O) groups is 1. The molecule has 0 aliphatic rings. The molecule has 1 aromatic rings. The van der Waals surface area contributed by atoms with Crippen LogP contribution in [-0.4, -0.2) is 43.9 Å². The zero-order valence-electron chi connectivity index (χ0n) is 20.1. The van der Waals surface area contributed by atoms with Gasteiger partial charge in [-0.05, 0) is 45.2 Å². The summed E-state index contributed by atoms with van der Waals surface area (Å²) in [5.41, 5.74) is -1.61. The second-order valence-corrected chi connectivity index (χ2v) is 12.8. The number of ether oxygens (including phenoxy) is 1. The molecule has 8 nitrogen and oxygen atoms in total. The van der Waals surface area contributed by atoms with Gasteiger partial charge in [-0.2, -0.15) is 13.1 Å². The van der Waals surface area contributed by atoms with Crippen LogP contribution in [0.5, 0.6) is 0 Å². The average molecular weight is 489 g/mol. The van der Waals surface area contributed by atoms with E-state index in [1.165, 1.54) is 12.5 Å². The van der Waals surface area contributed by atoms with E-state index in [1.807, 2.05) is 26.8 Å². The lowest BCUT2D eigenvalue weighted by atomic mass is 9.76. The molecule has 0 heterocycles. The molecular weight excluding hydrogens is 452 g/mol. The third-order valence-corrected chi connectivity index (χ3v) is 7.63. The topological polar surface area (TPSA) is 111 Å². The second-order valence-electron chi connectivity index (χ2n) is 9.28. The predicted molar refractivity (Wildman–Crippen MR) is 127 cm³/mol. The predicted octanol–water partition coefficient (Wildman–Crippen LogP) is 3.90. The van der Waals surface area contributed by atoms with Gasteiger partial charge in [-0.25, -0.2) is 8.57 Å². The summed E-state index contributed by atoms with van der Waals surface area (Å²) in [6.45, 7) is 12.0. The van der Waals surface area contributed by atoms with Gasteiger partial charge < -0.3 is 4.74 Å². The molecule has 0 saturated heterocycles. The van der Waals surface area contributed by atoms with E-state index in [-0.39, 0.29) is 6.61 Å². The van der Waals surface area contributed by atoms with Crippen LogP contribution in [0.2, 0.25) is 0 Å². The first-order chi connectivity index (χ1) is 14.5. The van der Waals surface area contributed by atoms with Crippen LogP contribution in [0.1, 0.15) is 48.5 Å². The molecule has 0 fully saturated rings. The third kappa shape index (κ3) is 8.65. The summed E-state index contributed by atoms with van der Waals surface area (Å²) in [6.07, 6.45) is 1.57. The Labute approximate surface area is 193 Å². The molecule has 0 spiro atoms. The van der Waals surface area contributed by atoms with Crippen molar-refractivity contribution in [2.75, 3.05) is 13.7 Å². The van der Waals surface area contributed by atoms with E-state index in [0.717, 1.165) is 0 Å². The normalized spacial score (nSPS) is 16.9. The molecule has 0 aliphatic heterocycles. The van der Waals surface area contributed by atoms with Gasteiger partial charge in [0, 0.05) is 18.4 Å². The van der Waals surface area contributed by atoms with Crippen molar-refractivity contribution in [3.8, 4) is 0 Å². The summed E-state index contributed by atoms with van der Waals surface area (Å²) in [5.74, 6) is -1.47. The van der Waals surface area contributed by atoms with Gasteiger partial charge >= 0.3 is 16.3 Å². The van der Waals surface area contributed by atoms with Crippen molar-refractivity contribution in [1.82, 2.24) is 4.72 Å². The van der Waals surface area contributed by atoms with E-state index in [4.69, 9.17) is 8.92 Å². The van der Waals surface area contributed by atoms with Crippen molar-refractivity contribution >= 4 is 26.0 Å². The molecule has 1 unspecified atom stereocenters. The molecule has 1 N–H and O–H groups in total. The molecule has 0 aliphatic carbocycles. The Morgan fingerprint density at radius 1 is 1.09 bits per heavy atom. The maximum atomic E-state index is 13.4. The molecule has 0 amide bonds. The van der Waals surface area contributed by atoms with E-state index in [0.29, 0.717) is 4.90 Å². The molecule has 0 radical (unpaired) electrons. The van der Waals surface area contributed by atoms with Crippen LogP contribution in [0.4, 0.5) is 0 Å². The Bertz CT molecular complexity index is 1010. The lowest BCUT2D eigenvalue weighted by molar-refractivity contribution is -0.147. The Kier molecular flexibility index (Phi) is 9.65. The highest BCUT2D eigenvalue weighted by Gasteiger charge is 2.40. The zero-order chi connectivity index (χ0) is 24.8. The Morgan fingerprint density at radius 3 is 2.09 bits per heavy atom. The first-order valence-electron chi connectivity index (χ1n) is 10.3. The van der Waals surface area contributed by atoms with Gasteiger partial charge in [-0.1, -0.05) is 45.0 Å². The third-order valence-electron chi connectivity index (χ3n) is 4.35. The van der Waals surface area contributed by atoms with Crippen molar-refractivity contribution in [3.05, 3.63) is 41.8 Å². The molecule has 1 rings (SSSR count). The van der Waals surface area contributed by atoms with Gasteiger partial charge in [0.15, 0.2) is 0 Å². The van der Waals surface area contributed by atoms with Crippen molar-refractivity contribution < 1.29 is 26.3 Å². The number of nitrogens with zero attached hydrogens (tertiary/aromatic N) is 1. The van der Waals surface area contributed by atoms with Crippen molar-refractivity contribution in [2.24, 2.45) is 15.7 Å².